The molecule has 22 heavy (non-hydrogen) atoms. The van der Waals surface area contributed by atoms with Crippen LogP contribution in [0.15, 0.2) is 46.3 Å². The van der Waals surface area contributed by atoms with E-state index in [2.05, 4.69) is 10.1 Å². The monoisotopic (exact) mass is 316 g/mol. The van der Waals surface area contributed by atoms with Crippen molar-refractivity contribution in [2.75, 3.05) is 6.61 Å². The van der Waals surface area contributed by atoms with E-state index in [1.54, 1.807) is 11.3 Å². The van der Waals surface area contributed by atoms with Gasteiger partial charge in [0.1, 0.15) is 11.5 Å². The fourth-order valence-corrected chi connectivity index (χ4v) is 2.59. The van der Waals surface area contributed by atoms with Crippen molar-refractivity contribution in [2.45, 2.75) is 20.0 Å². The molecule has 0 aliphatic rings. The summed E-state index contributed by atoms with van der Waals surface area (Å²) >= 11 is 1.57. The molecule has 1 unspecified atom stereocenters. The Morgan fingerprint density at radius 2 is 1.95 bits per heavy atom. The van der Waals surface area contributed by atoms with Crippen molar-refractivity contribution in [1.82, 2.24) is 10.1 Å². The van der Waals surface area contributed by atoms with Gasteiger partial charge in [-0.15, -0.1) is 11.3 Å². The van der Waals surface area contributed by atoms with E-state index in [0.29, 0.717) is 18.3 Å². The van der Waals surface area contributed by atoms with Gasteiger partial charge >= 0.3 is 0 Å². The van der Waals surface area contributed by atoms with E-state index >= 15 is 0 Å². The standard InChI is InChI=1S/C16H16N2O3S/c1-3-19-12-6-8-13(9-7-12)20-11(2)16-17-15(18-21-16)14-5-4-10-22-14/h4-11H,3H2,1-2H3. The molecule has 0 fully saturated rings. The number of thiophene rings is 1. The lowest BCUT2D eigenvalue weighted by molar-refractivity contribution is 0.175. The Morgan fingerprint density at radius 3 is 2.64 bits per heavy atom. The average molecular weight is 316 g/mol. The molecule has 6 heteroatoms. The maximum atomic E-state index is 5.82. The van der Waals surface area contributed by atoms with E-state index in [-0.39, 0.29) is 6.10 Å². The number of nitrogens with zero attached hydrogens (tertiary/aromatic N) is 2. The molecule has 1 atom stereocenters. The molecule has 5 nitrogen and oxygen atoms in total. The molecule has 3 rings (SSSR count). The van der Waals surface area contributed by atoms with Crippen LogP contribution in [0.3, 0.4) is 0 Å². The molecule has 2 aromatic heterocycles. The molecule has 0 aliphatic carbocycles. The van der Waals surface area contributed by atoms with Gasteiger partial charge in [-0.2, -0.15) is 4.98 Å². The largest absolute Gasteiger partial charge is 0.494 e. The summed E-state index contributed by atoms with van der Waals surface area (Å²) in [5.41, 5.74) is 0. The summed E-state index contributed by atoms with van der Waals surface area (Å²) < 4.78 is 16.5. The summed E-state index contributed by atoms with van der Waals surface area (Å²) in [4.78, 5) is 5.35. The predicted molar refractivity (Wildman–Crippen MR) is 84.3 cm³/mol. The van der Waals surface area contributed by atoms with Gasteiger partial charge in [0.25, 0.3) is 5.89 Å². The Kier molecular flexibility index (Phi) is 4.39. The third-order valence-corrected chi connectivity index (χ3v) is 3.84. The third kappa shape index (κ3) is 3.28. The first-order valence-electron chi connectivity index (χ1n) is 7.03. The molecule has 0 saturated carbocycles. The van der Waals surface area contributed by atoms with Gasteiger partial charge in [-0.25, -0.2) is 0 Å². The number of rotatable bonds is 6. The number of benzene rings is 1. The van der Waals surface area contributed by atoms with Gasteiger partial charge in [0, 0.05) is 0 Å². The van der Waals surface area contributed by atoms with Crippen LogP contribution in [0.4, 0.5) is 0 Å². The molecule has 0 amide bonds. The van der Waals surface area contributed by atoms with Crippen molar-refractivity contribution in [3.63, 3.8) is 0 Å². The summed E-state index contributed by atoms with van der Waals surface area (Å²) in [6.45, 7) is 4.47. The Labute approximate surface area is 132 Å². The van der Waals surface area contributed by atoms with E-state index in [0.717, 1.165) is 16.4 Å². The Balaban J connectivity index is 1.67. The van der Waals surface area contributed by atoms with Crippen LogP contribution in [-0.4, -0.2) is 16.7 Å². The Bertz CT molecular complexity index is 707. The zero-order valence-corrected chi connectivity index (χ0v) is 13.2. The van der Waals surface area contributed by atoms with Gasteiger partial charge in [-0.1, -0.05) is 11.2 Å². The lowest BCUT2D eigenvalue weighted by atomic mass is 10.3. The van der Waals surface area contributed by atoms with Crippen LogP contribution in [0, 0.1) is 0 Å². The fourth-order valence-electron chi connectivity index (χ4n) is 1.94. The number of hydrogen-bond acceptors (Lipinski definition) is 6. The average Bonchev–Trinajstić information content (AvgIpc) is 3.20. The molecule has 0 saturated heterocycles. The number of aromatic nitrogens is 2. The van der Waals surface area contributed by atoms with Crippen LogP contribution < -0.4 is 9.47 Å². The zero-order chi connectivity index (χ0) is 15.4. The molecule has 3 aromatic rings. The van der Waals surface area contributed by atoms with Crippen molar-refractivity contribution in [2.24, 2.45) is 0 Å². The minimum atomic E-state index is -0.320. The molecule has 0 bridgehead atoms. The summed E-state index contributed by atoms with van der Waals surface area (Å²) in [5, 5.41) is 5.96. The third-order valence-electron chi connectivity index (χ3n) is 2.98. The molecule has 0 aliphatic heterocycles. The summed E-state index contributed by atoms with van der Waals surface area (Å²) in [5.74, 6) is 2.59. The predicted octanol–water partition coefficient (Wildman–Crippen LogP) is 4.34. The lowest BCUT2D eigenvalue weighted by Gasteiger charge is -2.11. The van der Waals surface area contributed by atoms with Crippen LogP contribution >= 0.6 is 11.3 Å². The van der Waals surface area contributed by atoms with Gasteiger partial charge in [0.05, 0.1) is 11.5 Å². The fraction of sp³-hybridized carbons (Fsp3) is 0.250. The highest BCUT2D eigenvalue weighted by molar-refractivity contribution is 7.13. The van der Waals surface area contributed by atoms with E-state index in [1.807, 2.05) is 55.6 Å². The van der Waals surface area contributed by atoms with Crippen molar-refractivity contribution in [1.29, 1.82) is 0 Å². The van der Waals surface area contributed by atoms with Gasteiger partial charge in [-0.05, 0) is 49.6 Å². The van der Waals surface area contributed by atoms with Crippen LogP contribution in [-0.2, 0) is 0 Å². The normalized spacial score (nSPS) is 12.1. The first-order chi connectivity index (χ1) is 10.8. The van der Waals surface area contributed by atoms with Crippen molar-refractivity contribution in [3.05, 3.63) is 47.7 Å². The van der Waals surface area contributed by atoms with Gasteiger partial charge in [-0.3, -0.25) is 0 Å². The highest BCUT2D eigenvalue weighted by Gasteiger charge is 2.17. The molecule has 114 valence electrons. The maximum absolute atomic E-state index is 5.82. The topological polar surface area (TPSA) is 57.4 Å². The SMILES string of the molecule is CCOc1ccc(OC(C)c2nc(-c3cccs3)no2)cc1. The second-order valence-corrected chi connectivity index (χ2v) is 5.55. The second kappa shape index (κ2) is 6.62. The summed E-state index contributed by atoms with van der Waals surface area (Å²) in [6.07, 6.45) is -0.320. The first-order valence-corrected chi connectivity index (χ1v) is 7.91. The molecular formula is C16H16N2O3S. The van der Waals surface area contributed by atoms with Crippen LogP contribution in [0.2, 0.25) is 0 Å². The summed E-state index contributed by atoms with van der Waals surface area (Å²) in [6, 6.07) is 11.4. The quantitative estimate of drug-likeness (QED) is 0.677. The number of hydrogen-bond donors (Lipinski definition) is 0. The van der Waals surface area contributed by atoms with Crippen LogP contribution in [0.1, 0.15) is 25.8 Å². The van der Waals surface area contributed by atoms with E-state index in [1.165, 1.54) is 0 Å². The molecular weight excluding hydrogens is 300 g/mol. The zero-order valence-electron chi connectivity index (χ0n) is 12.4. The van der Waals surface area contributed by atoms with E-state index in [4.69, 9.17) is 14.0 Å². The van der Waals surface area contributed by atoms with E-state index < -0.39 is 0 Å². The van der Waals surface area contributed by atoms with Gasteiger partial charge < -0.3 is 14.0 Å². The number of ether oxygens (including phenoxy) is 2. The molecule has 2 heterocycles. The van der Waals surface area contributed by atoms with Gasteiger partial charge in [0.2, 0.25) is 5.82 Å². The second-order valence-electron chi connectivity index (χ2n) is 4.60. The molecule has 0 radical (unpaired) electrons. The van der Waals surface area contributed by atoms with Crippen molar-refractivity contribution >= 4 is 11.3 Å². The maximum Gasteiger partial charge on any atom is 0.267 e. The van der Waals surface area contributed by atoms with Crippen LogP contribution in [0.5, 0.6) is 11.5 Å². The van der Waals surface area contributed by atoms with Crippen LogP contribution in [0.25, 0.3) is 10.7 Å². The molecule has 0 N–H and O–H groups in total. The minimum Gasteiger partial charge on any atom is -0.494 e. The smallest absolute Gasteiger partial charge is 0.267 e. The highest BCUT2D eigenvalue weighted by Crippen LogP contribution is 2.26. The molecule has 0 spiro atoms. The van der Waals surface area contributed by atoms with E-state index in [9.17, 15) is 0 Å². The Hall–Kier alpha value is -2.34. The summed E-state index contributed by atoms with van der Waals surface area (Å²) in [7, 11) is 0. The minimum absolute atomic E-state index is 0.320. The van der Waals surface area contributed by atoms with Gasteiger partial charge in [0.15, 0.2) is 6.10 Å². The lowest BCUT2D eigenvalue weighted by Crippen LogP contribution is -2.03. The molecule has 1 aromatic carbocycles. The van der Waals surface area contributed by atoms with Crippen molar-refractivity contribution < 1.29 is 14.0 Å². The van der Waals surface area contributed by atoms with Crippen molar-refractivity contribution in [3.8, 4) is 22.2 Å². The highest BCUT2D eigenvalue weighted by atomic mass is 32.1. The Morgan fingerprint density at radius 1 is 1.18 bits per heavy atom. The first kappa shape index (κ1) is 14.6.